The summed E-state index contributed by atoms with van der Waals surface area (Å²) in [6, 6.07) is 0. The number of benzene rings is 3. The lowest BCUT2D eigenvalue weighted by Gasteiger charge is -2.70. The Labute approximate surface area is 332 Å². The van der Waals surface area contributed by atoms with E-state index in [1.165, 1.54) is 0 Å². The number of hydrogen-bond donors (Lipinski definition) is 0. The molecule has 0 bridgehead atoms. The van der Waals surface area contributed by atoms with E-state index in [-0.39, 0.29) is 0 Å². The monoisotopic (exact) mass is 939 g/mol. The average Bonchev–Trinajstić information content (AvgIpc) is 3.16. The van der Waals surface area contributed by atoms with Crippen LogP contribution in [0.15, 0.2) is 0 Å². The molecule has 0 saturated carbocycles. The summed E-state index contributed by atoms with van der Waals surface area (Å²) in [4.78, 5) is 0. The molecule has 332 valence electrons. The summed E-state index contributed by atoms with van der Waals surface area (Å²) in [6.45, 7) is -3.09. The molecule has 26 heteroatoms. The Balaban J connectivity index is 3.32. The number of ether oxygens (including phenoxy) is 3. The van der Waals surface area contributed by atoms with Gasteiger partial charge in [0.25, 0.3) is 0 Å². The highest BCUT2D eigenvalue weighted by Crippen LogP contribution is 2.47. The van der Waals surface area contributed by atoms with Gasteiger partial charge in [-0.15, -0.1) is 16.4 Å². The third-order valence-electron chi connectivity index (χ3n) is 10.8. The lowest BCUT2D eigenvalue weighted by molar-refractivity contribution is 0.141. The first-order chi connectivity index (χ1) is 27.2. The van der Waals surface area contributed by atoms with Gasteiger partial charge in [0, 0.05) is 27.8 Å². The number of hydrogen-bond acceptors (Lipinski definition) is 6. The highest BCUT2D eigenvalue weighted by atomic mass is 29.9. The van der Waals surface area contributed by atoms with Gasteiger partial charge in [0.2, 0.25) is 0 Å². The summed E-state index contributed by atoms with van der Waals surface area (Å²) in [5.74, 6) is -46.1. The van der Waals surface area contributed by atoms with Crippen molar-refractivity contribution in [2.75, 3.05) is 61.0 Å². The maximum Gasteiger partial charge on any atom is 0.200 e. The molecule has 0 aliphatic heterocycles. The zero-order chi connectivity index (χ0) is 45.4. The molecule has 0 radical (unpaired) electrons. The largest absolute Gasteiger partial charge is 0.421 e. The predicted octanol–water partition coefficient (Wildman–Crippen LogP) is 6.61. The number of methoxy groups -OCH3 is 3. The summed E-state index contributed by atoms with van der Waals surface area (Å²) in [6.07, 6.45) is 0. The second-order valence-corrected chi connectivity index (χ2v) is 49.5. The van der Waals surface area contributed by atoms with Gasteiger partial charge in [-0.05, 0) is 0 Å². The Morgan fingerprint density at radius 3 is 0.644 bits per heavy atom. The molecule has 0 saturated heterocycles. The van der Waals surface area contributed by atoms with E-state index in [2.05, 4.69) is 0 Å². The standard InChI is InChI=1S/C33H39BF15O6Si4/c1-50-10-13-53-56(4,5)59(57(6,7)54-14-11-51-2,58(8,9)55-15-12-52-3)34(16-19(35)25(41)31(47)26(42)20(16)36,17-21(37)27(43)32(48)28(44)22(17)38)18-23(39)29(45)33(49)30(46)24(18)40/h10-15H2,1-9H3/q-1. The molecule has 0 unspecified atom stereocenters. The Kier molecular flexibility index (Phi) is 16.1. The molecule has 3 rings (SSSR count). The van der Waals surface area contributed by atoms with E-state index in [4.69, 9.17) is 27.5 Å². The maximum absolute atomic E-state index is 17.1. The average molecular weight is 940 g/mol. The van der Waals surface area contributed by atoms with Gasteiger partial charge in [0.05, 0.1) is 39.6 Å². The third kappa shape index (κ3) is 7.87. The van der Waals surface area contributed by atoms with Crippen molar-refractivity contribution in [3.63, 3.8) is 0 Å². The molecule has 59 heavy (non-hydrogen) atoms. The third-order valence-corrected chi connectivity index (χ3v) is 76.2. The highest BCUT2D eigenvalue weighted by Gasteiger charge is 2.77. The number of halogens is 15. The summed E-state index contributed by atoms with van der Waals surface area (Å²) in [7, 11) is -11.6. The lowest BCUT2D eigenvalue weighted by Crippen LogP contribution is -3.05. The van der Waals surface area contributed by atoms with Gasteiger partial charge in [-0.3, -0.25) is 0 Å². The molecule has 0 fully saturated rings. The van der Waals surface area contributed by atoms with Crippen molar-refractivity contribution in [3.05, 3.63) is 87.3 Å². The van der Waals surface area contributed by atoms with Crippen LogP contribution in [0, 0.1) is 87.3 Å². The molecule has 0 aliphatic rings. The minimum atomic E-state index is -6.17. The fraction of sp³-hybridized carbons (Fsp3) is 0.455. The first kappa shape index (κ1) is 50.7. The van der Waals surface area contributed by atoms with Gasteiger partial charge < -0.3 is 27.5 Å². The fourth-order valence-corrected chi connectivity index (χ4v) is 93.7. The zero-order valence-electron chi connectivity index (χ0n) is 32.9. The van der Waals surface area contributed by atoms with Crippen LogP contribution in [0.5, 0.6) is 0 Å². The van der Waals surface area contributed by atoms with Crippen molar-refractivity contribution < 1.29 is 93.3 Å². The van der Waals surface area contributed by atoms with Crippen LogP contribution in [-0.2, 0) is 27.5 Å². The quantitative estimate of drug-likeness (QED) is 0.0444. The zero-order valence-corrected chi connectivity index (χ0v) is 36.9. The van der Waals surface area contributed by atoms with Crippen LogP contribution in [0.4, 0.5) is 65.9 Å². The van der Waals surface area contributed by atoms with E-state index in [0.29, 0.717) is 0 Å². The Morgan fingerprint density at radius 2 is 0.475 bits per heavy atom. The van der Waals surface area contributed by atoms with Crippen LogP contribution in [0.2, 0.25) is 39.3 Å². The first-order valence-corrected chi connectivity index (χ1v) is 31.1. The molecule has 3 aromatic rings. The molecule has 0 atom stereocenters. The van der Waals surface area contributed by atoms with E-state index in [1.54, 1.807) is 0 Å². The van der Waals surface area contributed by atoms with Gasteiger partial charge in [-0.1, -0.05) is 39.3 Å². The van der Waals surface area contributed by atoms with Crippen LogP contribution < -0.4 is 16.4 Å². The second-order valence-electron chi connectivity index (χ2n) is 14.7. The van der Waals surface area contributed by atoms with Crippen LogP contribution in [-0.4, -0.2) is 96.7 Å². The van der Waals surface area contributed by atoms with Gasteiger partial charge >= 0.3 is 0 Å². The molecule has 0 aliphatic carbocycles. The molecule has 0 amide bonds. The Bertz CT molecular complexity index is 1750. The lowest BCUT2D eigenvalue weighted by atomic mass is 9.33. The molecular formula is C33H39BF15O6Si4-. The van der Waals surface area contributed by atoms with Crippen molar-refractivity contribution in [2.45, 2.75) is 39.3 Å². The first-order valence-electron chi connectivity index (χ1n) is 17.3. The maximum atomic E-state index is 17.1. The highest BCUT2D eigenvalue weighted by molar-refractivity contribution is 8.08. The molecule has 0 aromatic heterocycles. The molecule has 0 spiro atoms. The molecular weight excluding hydrogens is 900 g/mol. The summed E-state index contributed by atoms with van der Waals surface area (Å²) in [5.41, 5.74) is -14.2. The molecule has 3 aromatic carbocycles. The molecule has 0 N–H and O–H groups in total. The predicted molar refractivity (Wildman–Crippen MR) is 195 cm³/mol. The van der Waals surface area contributed by atoms with Gasteiger partial charge in [-0.25, -0.2) is 65.9 Å². The summed E-state index contributed by atoms with van der Waals surface area (Å²) < 4.78 is 277. The van der Waals surface area contributed by atoms with Crippen molar-refractivity contribution in [2.24, 2.45) is 0 Å². The van der Waals surface area contributed by atoms with E-state index >= 15 is 52.7 Å². The van der Waals surface area contributed by atoms with E-state index in [9.17, 15) is 13.2 Å². The van der Waals surface area contributed by atoms with Crippen LogP contribution in [0.25, 0.3) is 0 Å². The fourth-order valence-electron chi connectivity index (χ4n) is 9.31. The SMILES string of the molecule is COCCO[Si](C)(C)[Si]([B-](c1c(F)c(F)c(F)c(F)c1F)(c1c(F)c(F)c(F)c(F)c1F)c1c(F)c(F)c(F)c(F)c1F)([Si](C)(C)OCCOC)[Si](C)(C)OCCOC. The Morgan fingerprint density at radius 1 is 0.305 bits per heavy atom. The van der Waals surface area contributed by atoms with Crippen LogP contribution >= 0.6 is 0 Å². The van der Waals surface area contributed by atoms with Gasteiger partial charge in [0.1, 0.15) is 64.1 Å². The van der Waals surface area contributed by atoms with E-state index in [0.717, 1.165) is 60.6 Å². The van der Waals surface area contributed by atoms with E-state index < -0.39 is 179 Å². The van der Waals surface area contributed by atoms with Gasteiger partial charge in [0.15, 0.2) is 52.4 Å². The van der Waals surface area contributed by atoms with Crippen molar-refractivity contribution in [1.29, 1.82) is 0 Å². The van der Waals surface area contributed by atoms with Crippen LogP contribution in [0.3, 0.4) is 0 Å². The van der Waals surface area contributed by atoms with Crippen LogP contribution in [0.1, 0.15) is 0 Å². The number of rotatable bonds is 19. The van der Waals surface area contributed by atoms with Crippen molar-refractivity contribution >= 4 is 52.1 Å². The minimum absolute atomic E-state index is 0.423. The normalized spacial score (nSPS) is 13.2. The summed E-state index contributed by atoms with van der Waals surface area (Å²) in [5, 5.41) is 0. The van der Waals surface area contributed by atoms with E-state index in [1.807, 2.05) is 0 Å². The topological polar surface area (TPSA) is 55.4 Å². The summed E-state index contributed by atoms with van der Waals surface area (Å²) >= 11 is 0. The van der Waals surface area contributed by atoms with Gasteiger partial charge in [-0.2, -0.15) is 0 Å². The molecule has 6 nitrogen and oxygen atoms in total. The molecule has 0 heterocycles. The van der Waals surface area contributed by atoms with Crippen molar-refractivity contribution in [1.82, 2.24) is 0 Å². The smallest absolute Gasteiger partial charge is 0.200 e. The van der Waals surface area contributed by atoms with Crippen molar-refractivity contribution in [3.8, 4) is 0 Å². The minimum Gasteiger partial charge on any atom is -0.421 e. The Hall–Kier alpha value is -2.70. The second kappa shape index (κ2) is 18.7.